The van der Waals surface area contributed by atoms with Gasteiger partial charge in [0.15, 0.2) is 0 Å². The molecule has 0 unspecified atom stereocenters. The number of amides is 1. The van der Waals surface area contributed by atoms with Gasteiger partial charge in [-0.2, -0.15) is 0 Å². The van der Waals surface area contributed by atoms with Gasteiger partial charge in [0.05, 0.1) is 16.8 Å². The predicted octanol–water partition coefficient (Wildman–Crippen LogP) is 4.85. The molecule has 1 aliphatic carbocycles. The van der Waals surface area contributed by atoms with Gasteiger partial charge in [-0.15, -0.1) is 0 Å². The fourth-order valence-corrected chi connectivity index (χ4v) is 3.78. The number of carbonyl (C=O) groups excluding carboxylic acids is 1. The van der Waals surface area contributed by atoms with E-state index in [1.54, 1.807) is 6.07 Å². The SMILES string of the molecule is C=[N+]=C(c1ccccc1)c1cc(Cl)ccc1NC(=O)CC1CCCCC1. The first-order valence-electron chi connectivity index (χ1n) is 9.16. The highest BCUT2D eigenvalue weighted by atomic mass is 35.5. The number of rotatable bonds is 5. The van der Waals surface area contributed by atoms with Crippen molar-refractivity contribution in [2.45, 2.75) is 38.5 Å². The van der Waals surface area contributed by atoms with Crippen LogP contribution in [0.5, 0.6) is 0 Å². The molecule has 2 aromatic rings. The number of nitrogens with one attached hydrogen (secondary N) is 1. The van der Waals surface area contributed by atoms with E-state index in [1.807, 2.05) is 42.5 Å². The average Bonchev–Trinajstić information content (AvgIpc) is 2.66. The fraction of sp³-hybridized carbons (Fsp3) is 0.318. The standard InChI is InChI=1S/C22H23ClN2O/c1-24-22(17-10-6-3-7-11-17)19-15-18(23)12-13-20(19)25-21(26)14-16-8-4-2-5-9-16/h3,6-7,10-13,15-16H,1-2,4-5,8-9,14H2/p+1. The normalized spacial score (nSPS) is 14.5. The Bertz CT molecular complexity index is 819. The van der Waals surface area contributed by atoms with E-state index in [0.717, 1.165) is 29.7 Å². The van der Waals surface area contributed by atoms with Crippen LogP contribution in [0.15, 0.2) is 48.5 Å². The van der Waals surface area contributed by atoms with Crippen LogP contribution < -0.4 is 9.98 Å². The van der Waals surface area contributed by atoms with Crippen LogP contribution in [0, 0.1) is 5.92 Å². The van der Waals surface area contributed by atoms with E-state index in [0.29, 0.717) is 23.1 Å². The van der Waals surface area contributed by atoms with Crippen molar-refractivity contribution in [2.24, 2.45) is 5.92 Å². The molecule has 4 heteroatoms. The summed E-state index contributed by atoms with van der Waals surface area (Å²) in [6.45, 7) is 3.71. The summed E-state index contributed by atoms with van der Waals surface area (Å²) in [6, 6.07) is 15.2. The molecule has 0 aromatic heterocycles. The van der Waals surface area contributed by atoms with E-state index in [4.69, 9.17) is 11.6 Å². The molecule has 0 saturated heterocycles. The van der Waals surface area contributed by atoms with E-state index < -0.39 is 0 Å². The van der Waals surface area contributed by atoms with E-state index >= 15 is 0 Å². The summed E-state index contributed by atoms with van der Waals surface area (Å²) in [5.74, 6) is 0.548. The number of benzene rings is 2. The number of hydrogen-bond donors (Lipinski definition) is 1. The fourth-order valence-electron chi connectivity index (χ4n) is 3.60. The molecule has 1 N–H and O–H groups in total. The summed E-state index contributed by atoms with van der Waals surface area (Å²) >= 11 is 6.21. The van der Waals surface area contributed by atoms with E-state index in [-0.39, 0.29) is 5.91 Å². The van der Waals surface area contributed by atoms with E-state index in [2.05, 4.69) is 16.7 Å². The molecule has 0 atom stereocenters. The lowest BCUT2D eigenvalue weighted by Gasteiger charge is -2.21. The van der Waals surface area contributed by atoms with E-state index in [1.165, 1.54) is 19.3 Å². The second-order valence-electron chi connectivity index (χ2n) is 6.82. The minimum atomic E-state index is 0.0527. The molecule has 0 radical (unpaired) electrons. The molecule has 134 valence electrons. The van der Waals surface area contributed by atoms with Crippen molar-refractivity contribution in [3.8, 4) is 0 Å². The molecule has 1 amide bonds. The van der Waals surface area contributed by atoms with Gasteiger partial charge in [-0.3, -0.25) is 4.79 Å². The van der Waals surface area contributed by atoms with Gasteiger partial charge in [0, 0.05) is 11.4 Å². The Morgan fingerprint density at radius 1 is 1.12 bits per heavy atom. The number of hydrogen-bond acceptors (Lipinski definition) is 1. The van der Waals surface area contributed by atoms with Gasteiger partial charge in [0.2, 0.25) is 5.91 Å². The Kier molecular flexibility index (Phi) is 6.27. The summed E-state index contributed by atoms with van der Waals surface area (Å²) < 4.78 is 4.21. The molecular weight excluding hydrogens is 344 g/mol. The van der Waals surface area contributed by atoms with E-state index in [9.17, 15) is 4.79 Å². The van der Waals surface area contributed by atoms with Crippen LogP contribution in [0.3, 0.4) is 0 Å². The minimum Gasteiger partial charge on any atom is -0.325 e. The van der Waals surface area contributed by atoms with Crippen molar-refractivity contribution in [3.05, 3.63) is 64.7 Å². The third-order valence-electron chi connectivity index (χ3n) is 4.91. The summed E-state index contributed by atoms with van der Waals surface area (Å²) in [5, 5.41) is 3.66. The summed E-state index contributed by atoms with van der Waals surface area (Å²) in [6.07, 6.45) is 6.63. The lowest BCUT2D eigenvalue weighted by Crippen LogP contribution is -2.20. The Morgan fingerprint density at radius 3 is 2.54 bits per heavy atom. The van der Waals surface area contributed by atoms with Gasteiger partial charge in [-0.1, -0.05) is 53.7 Å². The minimum absolute atomic E-state index is 0.0527. The third kappa shape index (κ3) is 4.63. The van der Waals surface area contributed by atoms with Crippen LogP contribution in [0.4, 0.5) is 5.69 Å². The molecule has 0 heterocycles. The van der Waals surface area contributed by atoms with Gasteiger partial charge in [0.25, 0.3) is 6.72 Å². The van der Waals surface area contributed by atoms with Crippen molar-refractivity contribution in [2.75, 3.05) is 5.32 Å². The van der Waals surface area contributed by atoms with Crippen LogP contribution in [0.2, 0.25) is 5.02 Å². The van der Waals surface area contributed by atoms with Crippen LogP contribution in [0.25, 0.3) is 0 Å². The lowest BCUT2D eigenvalue weighted by molar-refractivity contribution is -0.117. The van der Waals surface area contributed by atoms with Crippen LogP contribution >= 0.6 is 11.6 Å². The maximum atomic E-state index is 12.6. The Balaban J connectivity index is 1.83. The maximum absolute atomic E-state index is 12.6. The van der Waals surface area contributed by atoms with Gasteiger partial charge >= 0.3 is 5.71 Å². The average molecular weight is 368 g/mol. The molecule has 3 rings (SSSR count). The molecule has 2 aromatic carbocycles. The number of halogens is 1. The van der Waals surface area contributed by atoms with Gasteiger partial charge < -0.3 is 5.32 Å². The predicted molar refractivity (Wildman–Crippen MR) is 110 cm³/mol. The van der Waals surface area contributed by atoms with Gasteiger partial charge in [0.1, 0.15) is 0 Å². The van der Waals surface area contributed by atoms with Crippen LogP contribution in [-0.2, 0) is 4.79 Å². The molecule has 26 heavy (non-hydrogen) atoms. The molecule has 3 nitrogen and oxygen atoms in total. The zero-order valence-electron chi connectivity index (χ0n) is 14.9. The van der Waals surface area contributed by atoms with Gasteiger partial charge in [-0.25, -0.2) is 0 Å². The smallest absolute Gasteiger partial charge is 0.325 e. The first-order chi connectivity index (χ1) is 12.7. The molecule has 1 saturated carbocycles. The quantitative estimate of drug-likeness (QED) is 0.595. The Hall–Kier alpha value is -2.35. The third-order valence-corrected chi connectivity index (χ3v) is 5.15. The zero-order valence-corrected chi connectivity index (χ0v) is 15.6. The first-order valence-corrected chi connectivity index (χ1v) is 9.54. The first kappa shape index (κ1) is 18.4. The Morgan fingerprint density at radius 2 is 1.85 bits per heavy atom. The van der Waals surface area contributed by atoms with Crippen molar-refractivity contribution in [1.29, 1.82) is 0 Å². The molecule has 0 spiro atoms. The zero-order chi connectivity index (χ0) is 18.4. The number of nitrogens with zero attached hydrogens (tertiary/aromatic N) is 1. The molecule has 1 fully saturated rings. The topological polar surface area (TPSA) is 43.2 Å². The largest absolute Gasteiger partial charge is 0.342 e. The highest BCUT2D eigenvalue weighted by Gasteiger charge is 2.23. The second-order valence-corrected chi connectivity index (χ2v) is 7.26. The second kappa shape index (κ2) is 8.84. The number of carbonyl (C=O) groups is 1. The summed E-state index contributed by atoms with van der Waals surface area (Å²) in [5.41, 5.74) is 3.16. The highest BCUT2D eigenvalue weighted by molar-refractivity contribution is 6.31. The van der Waals surface area contributed by atoms with Gasteiger partial charge in [-0.05, 0) is 49.1 Å². The molecule has 1 aliphatic rings. The molecule has 0 bridgehead atoms. The van der Waals surface area contributed by atoms with Crippen molar-refractivity contribution >= 4 is 35.6 Å². The maximum Gasteiger partial charge on any atom is 0.342 e. The van der Waals surface area contributed by atoms with Crippen molar-refractivity contribution in [3.63, 3.8) is 0 Å². The summed E-state index contributed by atoms with van der Waals surface area (Å²) in [4.78, 5) is 12.6. The van der Waals surface area contributed by atoms with Crippen molar-refractivity contribution in [1.82, 2.24) is 4.67 Å². The van der Waals surface area contributed by atoms with Crippen LogP contribution in [-0.4, -0.2) is 18.3 Å². The number of anilines is 1. The molecular formula is C22H24ClN2O+. The van der Waals surface area contributed by atoms with Crippen LogP contribution in [0.1, 0.15) is 49.7 Å². The summed E-state index contributed by atoms with van der Waals surface area (Å²) in [7, 11) is 0. The lowest BCUT2D eigenvalue weighted by atomic mass is 9.87. The monoisotopic (exact) mass is 367 g/mol. The Labute approximate surface area is 159 Å². The molecule has 0 aliphatic heterocycles. The van der Waals surface area contributed by atoms with Crippen molar-refractivity contribution < 1.29 is 4.79 Å². The highest BCUT2D eigenvalue weighted by Crippen LogP contribution is 2.28.